The molecule has 0 radical (unpaired) electrons. The van der Waals surface area contributed by atoms with Crippen LogP contribution in [0.2, 0.25) is 0 Å². The first-order chi connectivity index (χ1) is 14.2. The number of aryl methyl sites for hydroxylation is 1. The highest BCUT2D eigenvalue weighted by Crippen LogP contribution is 2.27. The fourth-order valence-corrected chi connectivity index (χ4v) is 5.19. The second-order valence-electron chi connectivity index (χ2n) is 7.90. The van der Waals surface area contributed by atoms with Crippen LogP contribution in [0.5, 0.6) is 0 Å². The van der Waals surface area contributed by atoms with E-state index in [9.17, 15) is 4.79 Å². The third-order valence-corrected chi connectivity index (χ3v) is 6.93. The zero-order chi connectivity index (χ0) is 20.2. The van der Waals surface area contributed by atoms with E-state index in [0.29, 0.717) is 18.3 Å². The van der Waals surface area contributed by atoms with Gasteiger partial charge in [-0.25, -0.2) is 0 Å². The summed E-state index contributed by atoms with van der Waals surface area (Å²) in [4.78, 5) is 15.2. The number of amides is 1. The molecule has 1 aromatic heterocycles. The molecule has 1 atom stereocenters. The van der Waals surface area contributed by atoms with Gasteiger partial charge >= 0.3 is 0 Å². The van der Waals surface area contributed by atoms with Crippen molar-refractivity contribution in [2.75, 3.05) is 24.6 Å². The van der Waals surface area contributed by atoms with E-state index in [2.05, 4.69) is 43.1 Å². The monoisotopic (exact) mass is 410 g/mol. The summed E-state index contributed by atoms with van der Waals surface area (Å²) in [5.41, 5.74) is 5.67. The van der Waals surface area contributed by atoms with Gasteiger partial charge in [-0.2, -0.15) is 16.9 Å². The zero-order valence-electron chi connectivity index (χ0n) is 17.2. The molecule has 2 heterocycles. The molecular formula is C23H30N4OS. The van der Waals surface area contributed by atoms with Crippen molar-refractivity contribution in [1.82, 2.24) is 20.0 Å². The normalized spacial score (nSPS) is 19.1. The van der Waals surface area contributed by atoms with Gasteiger partial charge in [0, 0.05) is 48.4 Å². The van der Waals surface area contributed by atoms with E-state index in [1.54, 1.807) is 0 Å². The number of nitrogens with one attached hydrogen (secondary N) is 1. The van der Waals surface area contributed by atoms with Crippen LogP contribution in [0.1, 0.15) is 39.3 Å². The van der Waals surface area contributed by atoms with Gasteiger partial charge in [-0.3, -0.25) is 9.48 Å². The van der Waals surface area contributed by atoms with Gasteiger partial charge in [-0.05, 0) is 37.3 Å². The molecule has 0 spiro atoms. The minimum Gasteiger partial charge on any atom is -0.336 e. The lowest BCUT2D eigenvalue weighted by Gasteiger charge is -2.27. The number of hydrogen-bond acceptors (Lipinski definition) is 4. The van der Waals surface area contributed by atoms with Gasteiger partial charge in [-0.1, -0.05) is 30.3 Å². The summed E-state index contributed by atoms with van der Waals surface area (Å²) in [5, 5.41) is 8.46. The van der Waals surface area contributed by atoms with Crippen molar-refractivity contribution in [1.29, 1.82) is 0 Å². The Hall–Kier alpha value is -2.05. The van der Waals surface area contributed by atoms with Crippen molar-refractivity contribution >= 4 is 17.7 Å². The van der Waals surface area contributed by atoms with Crippen LogP contribution in [0, 0.1) is 6.92 Å². The number of allylic oxidation sites excluding steroid dienone is 1. The highest BCUT2D eigenvalue weighted by Gasteiger charge is 2.31. The summed E-state index contributed by atoms with van der Waals surface area (Å²) in [7, 11) is 0. The summed E-state index contributed by atoms with van der Waals surface area (Å²) in [6, 6.07) is 8.88. The van der Waals surface area contributed by atoms with Crippen molar-refractivity contribution in [3.63, 3.8) is 0 Å². The summed E-state index contributed by atoms with van der Waals surface area (Å²) < 4.78 is 1.99. The van der Waals surface area contributed by atoms with Crippen molar-refractivity contribution < 1.29 is 4.79 Å². The number of carbonyl (C=O) groups excluding carboxylic acids is 1. The Bertz CT molecular complexity index is 885. The minimum absolute atomic E-state index is 0.101. The molecule has 5 nitrogen and oxygen atoms in total. The minimum atomic E-state index is 0.101. The van der Waals surface area contributed by atoms with Crippen molar-refractivity contribution in [3.8, 4) is 0 Å². The highest BCUT2D eigenvalue weighted by molar-refractivity contribution is 7.99. The molecule has 0 bridgehead atoms. The van der Waals surface area contributed by atoms with Gasteiger partial charge in [0.15, 0.2) is 5.69 Å². The summed E-state index contributed by atoms with van der Waals surface area (Å²) in [6.45, 7) is 9.18. The Kier molecular flexibility index (Phi) is 6.40. The van der Waals surface area contributed by atoms with Crippen LogP contribution in [0.15, 0.2) is 36.9 Å². The molecule has 29 heavy (non-hydrogen) atoms. The summed E-state index contributed by atoms with van der Waals surface area (Å²) >= 11 is 1.92. The van der Waals surface area contributed by atoms with Crippen LogP contribution in [-0.4, -0.2) is 51.2 Å². The molecule has 1 fully saturated rings. The third-order valence-electron chi connectivity index (χ3n) is 5.99. The van der Waals surface area contributed by atoms with Crippen molar-refractivity contribution in [2.45, 2.75) is 45.3 Å². The van der Waals surface area contributed by atoms with E-state index in [1.807, 2.05) is 27.4 Å². The quantitative estimate of drug-likeness (QED) is 0.743. The van der Waals surface area contributed by atoms with E-state index in [1.165, 1.54) is 16.8 Å². The topological polar surface area (TPSA) is 50.2 Å². The number of benzene rings is 1. The van der Waals surface area contributed by atoms with E-state index < -0.39 is 0 Å². The number of carbonyl (C=O) groups is 1. The smallest absolute Gasteiger partial charge is 0.274 e. The van der Waals surface area contributed by atoms with Crippen LogP contribution in [-0.2, 0) is 25.9 Å². The van der Waals surface area contributed by atoms with E-state index in [0.717, 1.165) is 56.0 Å². The van der Waals surface area contributed by atoms with Gasteiger partial charge in [0.1, 0.15) is 0 Å². The second kappa shape index (κ2) is 9.18. The van der Waals surface area contributed by atoms with Gasteiger partial charge < -0.3 is 10.2 Å². The first-order valence-corrected chi connectivity index (χ1v) is 11.7. The molecule has 0 saturated carbocycles. The van der Waals surface area contributed by atoms with Crippen LogP contribution >= 0.6 is 11.8 Å². The number of hydrogen-bond donors (Lipinski definition) is 1. The van der Waals surface area contributed by atoms with Gasteiger partial charge in [-0.15, -0.1) is 6.58 Å². The van der Waals surface area contributed by atoms with Crippen LogP contribution in [0.3, 0.4) is 0 Å². The van der Waals surface area contributed by atoms with Gasteiger partial charge in [0.25, 0.3) is 5.91 Å². The maximum absolute atomic E-state index is 13.2. The molecule has 1 aliphatic carbocycles. The predicted molar refractivity (Wildman–Crippen MR) is 119 cm³/mol. The molecule has 154 valence electrons. The SMILES string of the molecule is C=CCn1nc(C(=O)N2CCSCC2)c2c1CCC(NCc1ccccc1C)C2. The van der Waals surface area contributed by atoms with E-state index in [4.69, 9.17) is 5.10 Å². The molecule has 1 aliphatic heterocycles. The fourth-order valence-electron chi connectivity index (χ4n) is 4.29. The van der Waals surface area contributed by atoms with Crippen molar-refractivity contribution in [2.24, 2.45) is 0 Å². The molecule has 1 aromatic carbocycles. The largest absolute Gasteiger partial charge is 0.336 e. The maximum Gasteiger partial charge on any atom is 0.274 e. The molecule has 1 unspecified atom stereocenters. The Balaban J connectivity index is 1.53. The predicted octanol–water partition coefficient (Wildman–Crippen LogP) is 3.21. The maximum atomic E-state index is 13.2. The number of thioether (sulfide) groups is 1. The molecule has 4 rings (SSSR count). The Morgan fingerprint density at radius 2 is 2.14 bits per heavy atom. The Labute approximate surface area is 177 Å². The molecular weight excluding hydrogens is 380 g/mol. The number of rotatable bonds is 6. The van der Waals surface area contributed by atoms with E-state index >= 15 is 0 Å². The molecule has 2 aliphatic rings. The molecule has 1 saturated heterocycles. The van der Waals surface area contributed by atoms with E-state index in [-0.39, 0.29) is 5.91 Å². The van der Waals surface area contributed by atoms with Crippen LogP contribution in [0.4, 0.5) is 0 Å². The molecule has 1 N–H and O–H groups in total. The molecule has 6 heteroatoms. The van der Waals surface area contributed by atoms with Gasteiger partial charge in [0.2, 0.25) is 0 Å². The Morgan fingerprint density at radius 3 is 2.90 bits per heavy atom. The lowest BCUT2D eigenvalue weighted by atomic mass is 9.90. The zero-order valence-corrected chi connectivity index (χ0v) is 18.0. The lowest BCUT2D eigenvalue weighted by molar-refractivity contribution is 0.0764. The average Bonchev–Trinajstić information content (AvgIpc) is 3.11. The molecule has 1 amide bonds. The Morgan fingerprint density at radius 1 is 1.34 bits per heavy atom. The number of fused-ring (bicyclic) bond motifs is 1. The van der Waals surface area contributed by atoms with Crippen LogP contribution < -0.4 is 5.32 Å². The summed E-state index contributed by atoms with van der Waals surface area (Å²) in [5.74, 6) is 2.13. The average molecular weight is 411 g/mol. The first-order valence-electron chi connectivity index (χ1n) is 10.5. The lowest BCUT2D eigenvalue weighted by Crippen LogP contribution is -2.39. The van der Waals surface area contributed by atoms with Crippen molar-refractivity contribution in [3.05, 3.63) is 65.0 Å². The summed E-state index contributed by atoms with van der Waals surface area (Å²) in [6.07, 6.45) is 4.74. The standard InChI is InChI=1S/C23H30N4OS/c1-3-10-27-21-9-8-19(24-16-18-7-5-4-6-17(18)2)15-20(21)22(25-27)23(28)26-11-13-29-14-12-26/h3-7,19,24H,1,8-16H2,2H3. The van der Waals surface area contributed by atoms with Crippen LogP contribution in [0.25, 0.3) is 0 Å². The second-order valence-corrected chi connectivity index (χ2v) is 9.12. The highest BCUT2D eigenvalue weighted by atomic mass is 32.2. The number of nitrogens with zero attached hydrogens (tertiary/aromatic N) is 3. The first kappa shape index (κ1) is 20.2. The molecule has 2 aromatic rings. The fraction of sp³-hybridized carbons (Fsp3) is 0.478. The third kappa shape index (κ3) is 4.43. The number of aromatic nitrogens is 2. The van der Waals surface area contributed by atoms with Gasteiger partial charge in [0.05, 0.1) is 6.54 Å².